The van der Waals surface area contributed by atoms with Gasteiger partial charge < -0.3 is 4.74 Å². The van der Waals surface area contributed by atoms with Crippen molar-refractivity contribution in [2.24, 2.45) is 0 Å². The van der Waals surface area contributed by atoms with Crippen LogP contribution in [0.2, 0.25) is 10.0 Å². The van der Waals surface area contributed by atoms with Crippen LogP contribution < -0.4 is 0 Å². The molecular weight excluding hydrogens is 263 g/mol. The fourth-order valence-corrected chi connectivity index (χ4v) is 1.81. The predicted molar refractivity (Wildman–Crippen MR) is 66.7 cm³/mol. The quantitative estimate of drug-likeness (QED) is 0.610. The smallest absolute Gasteiger partial charge is 0.306 e. The van der Waals surface area contributed by atoms with Crippen LogP contribution in [-0.4, -0.2) is 18.4 Å². The molecule has 0 radical (unpaired) electrons. The van der Waals surface area contributed by atoms with Gasteiger partial charge >= 0.3 is 5.97 Å². The summed E-state index contributed by atoms with van der Waals surface area (Å²) >= 11 is 11.6. The average molecular weight is 275 g/mol. The van der Waals surface area contributed by atoms with E-state index >= 15 is 0 Å². The van der Waals surface area contributed by atoms with Crippen molar-refractivity contribution in [3.63, 3.8) is 0 Å². The molecule has 17 heavy (non-hydrogen) atoms. The minimum Gasteiger partial charge on any atom is -0.466 e. The van der Waals surface area contributed by atoms with Crippen molar-refractivity contribution in [2.45, 2.75) is 19.8 Å². The summed E-state index contributed by atoms with van der Waals surface area (Å²) in [5.41, 5.74) is 0.375. The maximum Gasteiger partial charge on any atom is 0.306 e. The van der Waals surface area contributed by atoms with Crippen molar-refractivity contribution >= 4 is 35.0 Å². The third kappa shape index (κ3) is 4.36. The second-order valence-electron chi connectivity index (χ2n) is 3.35. The lowest BCUT2D eigenvalue weighted by Crippen LogP contribution is -2.08. The molecule has 0 saturated heterocycles. The topological polar surface area (TPSA) is 43.4 Å². The molecule has 0 N–H and O–H groups in total. The van der Waals surface area contributed by atoms with E-state index in [-0.39, 0.29) is 24.6 Å². The van der Waals surface area contributed by atoms with Gasteiger partial charge in [0.2, 0.25) is 0 Å². The third-order valence-corrected chi connectivity index (χ3v) is 2.64. The molecule has 0 aliphatic rings. The van der Waals surface area contributed by atoms with E-state index in [9.17, 15) is 9.59 Å². The molecule has 0 aromatic heterocycles. The molecule has 0 bridgehead atoms. The van der Waals surface area contributed by atoms with Gasteiger partial charge in [-0.15, -0.1) is 0 Å². The van der Waals surface area contributed by atoms with Crippen LogP contribution in [0.5, 0.6) is 0 Å². The lowest BCUT2D eigenvalue weighted by molar-refractivity contribution is -0.143. The Morgan fingerprint density at radius 3 is 2.53 bits per heavy atom. The van der Waals surface area contributed by atoms with Crippen molar-refractivity contribution in [1.82, 2.24) is 0 Å². The summed E-state index contributed by atoms with van der Waals surface area (Å²) in [6.07, 6.45) is 0.145. The number of ether oxygens (including phenoxy) is 1. The molecule has 0 unspecified atom stereocenters. The molecule has 1 aromatic rings. The molecule has 0 spiro atoms. The number of ketones is 1. The summed E-state index contributed by atoms with van der Waals surface area (Å²) in [6, 6.07) is 4.64. The fraction of sp³-hybridized carbons (Fsp3) is 0.333. The molecule has 0 atom stereocenters. The van der Waals surface area contributed by atoms with Crippen LogP contribution in [-0.2, 0) is 9.53 Å². The first kappa shape index (κ1) is 14.0. The lowest BCUT2D eigenvalue weighted by atomic mass is 10.1. The third-order valence-electron chi connectivity index (χ3n) is 2.09. The first-order chi connectivity index (χ1) is 8.04. The van der Waals surface area contributed by atoms with Gasteiger partial charge in [0.1, 0.15) is 0 Å². The number of halogens is 2. The molecule has 0 aliphatic carbocycles. The summed E-state index contributed by atoms with van der Waals surface area (Å²) in [4.78, 5) is 22.8. The number of benzene rings is 1. The van der Waals surface area contributed by atoms with Crippen LogP contribution in [0.25, 0.3) is 0 Å². The number of carbonyl (C=O) groups excluding carboxylic acids is 2. The largest absolute Gasteiger partial charge is 0.466 e. The van der Waals surface area contributed by atoms with Crippen LogP contribution in [0.4, 0.5) is 0 Å². The maximum atomic E-state index is 11.8. The Morgan fingerprint density at radius 2 is 1.94 bits per heavy atom. The second-order valence-corrected chi connectivity index (χ2v) is 4.20. The zero-order chi connectivity index (χ0) is 12.8. The van der Waals surface area contributed by atoms with E-state index in [1.165, 1.54) is 6.07 Å². The van der Waals surface area contributed by atoms with Crippen LogP contribution in [0.1, 0.15) is 30.1 Å². The van der Waals surface area contributed by atoms with Crippen molar-refractivity contribution in [3.05, 3.63) is 33.8 Å². The Kier molecular flexibility index (Phi) is 5.45. The van der Waals surface area contributed by atoms with E-state index in [4.69, 9.17) is 27.9 Å². The summed E-state index contributed by atoms with van der Waals surface area (Å²) in [7, 11) is 0. The van der Waals surface area contributed by atoms with E-state index in [0.717, 1.165) is 0 Å². The van der Waals surface area contributed by atoms with E-state index in [1.54, 1.807) is 19.1 Å². The predicted octanol–water partition coefficient (Wildman–Crippen LogP) is 3.52. The van der Waals surface area contributed by atoms with Crippen LogP contribution in [0.15, 0.2) is 18.2 Å². The number of Topliss-reactive ketones (excluding diaryl/α,β-unsaturated/α-hetero) is 1. The average Bonchev–Trinajstić information content (AvgIpc) is 2.26. The van der Waals surface area contributed by atoms with Gasteiger partial charge in [-0.2, -0.15) is 0 Å². The van der Waals surface area contributed by atoms with Crippen LogP contribution >= 0.6 is 23.2 Å². The highest BCUT2D eigenvalue weighted by Crippen LogP contribution is 2.22. The van der Waals surface area contributed by atoms with Gasteiger partial charge in [0.05, 0.1) is 18.1 Å². The molecule has 0 amide bonds. The van der Waals surface area contributed by atoms with Gasteiger partial charge in [-0.05, 0) is 25.1 Å². The number of carbonyl (C=O) groups is 2. The van der Waals surface area contributed by atoms with E-state index in [1.807, 2.05) is 0 Å². The molecule has 0 heterocycles. The minimum absolute atomic E-state index is 0.0611. The number of esters is 1. The Hall–Kier alpha value is -1.06. The van der Waals surface area contributed by atoms with Gasteiger partial charge in [-0.25, -0.2) is 0 Å². The molecule has 92 valence electrons. The summed E-state index contributed by atoms with van der Waals surface area (Å²) in [5, 5.41) is 0.767. The van der Waals surface area contributed by atoms with Crippen molar-refractivity contribution in [1.29, 1.82) is 0 Å². The van der Waals surface area contributed by atoms with Crippen molar-refractivity contribution in [2.75, 3.05) is 6.61 Å². The first-order valence-corrected chi connectivity index (χ1v) is 5.94. The molecule has 1 aromatic carbocycles. The number of hydrogen-bond acceptors (Lipinski definition) is 3. The van der Waals surface area contributed by atoms with Gasteiger partial charge in [0, 0.05) is 17.0 Å². The number of hydrogen-bond donors (Lipinski definition) is 0. The molecular formula is C12H12Cl2O3. The highest BCUT2D eigenvalue weighted by atomic mass is 35.5. The molecule has 0 fully saturated rings. The monoisotopic (exact) mass is 274 g/mol. The zero-order valence-electron chi connectivity index (χ0n) is 9.33. The Labute approximate surface area is 110 Å². The van der Waals surface area contributed by atoms with Crippen LogP contribution in [0, 0.1) is 0 Å². The van der Waals surface area contributed by atoms with E-state index < -0.39 is 0 Å². The maximum absolute atomic E-state index is 11.8. The lowest BCUT2D eigenvalue weighted by Gasteiger charge is -2.04. The van der Waals surface area contributed by atoms with Gasteiger partial charge in [0.25, 0.3) is 0 Å². The van der Waals surface area contributed by atoms with Gasteiger partial charge in [-0.1, -0.05) is 23.2 Å². The highest BCUT2D eigenvalue weighted by molar-refractivity contribution is 6.36. The van der Waals surface area contributed by atoms with Gasteiger partial charge in [0.15, 0.2) is 5.78 Å². The molecule has 5 heteroatoms. The number of rotatable bonds is 5. The SMILES string of the molecule is CCOC(=O)CCC(=O)c1ccc(Cl)cc1Cl. The van der Waals surface area contributed by atoms with Gasteiger partial charge in [-0.3, -0.25) is 9.59 Å². The molecule has 3 nitrogen and oxygen atoms in total. The molecule has 0 aliphatic heterocycles. The Balaban J connectivity index is 2.61. The normalized spacial score (nSPS) is 10.1. The summed E-state index contributed by atoms with van der Waals surface area (Å²) in [6.45, 7) is 2.03. The zero-order valence-corrected chi connectivity index (χ0v) is 10.8. The van der Waals surface area contributed by atoms with E-state index in [2.05, 4.69) is 0 Å². The summed E-state index contributed by atoms with van der Waals surface area (Å²) in [5.74, 6) is -0.578. The van der Waals surface area contributed by atoms with Crippen molar-refractivity contribution in [3.8, 4) is 0 Å². The summed E-state index contributed by atoms with van der Waals surface area (Å²) < 4.78 is 4.73. The standard InChI is InChI=1S/C12H12Cl2O3/c1-2-17-12(16)6-5-11(15)9-4-3-8(13)7-10(9)14/h3-4,7H,2,5-6H2,1H3. The molecule has 0 saturated carbocycles. The second kappa shape index (κ2) is 6.62. The first-order valence-electron chi connectivity index (χ1n) is 5.18. The van der Waals surface area contributed by atoms with Crippen LogP contribution in [0.3, 0.4) is 0 Å². The Bertz CT molecular complexity index is 430. The fourth-order valence-electron chi connectivity index (χ4n) is 1.30. The molecule has 1 rings (SSSR count). The Morgan fingerprint density at radius 1 is 1.24 bits per heavy atom. The minimum atomic E-state index is -0.383. The highest BCUT2D eigenvalue weighted by Gasteiger charge is 2.13. The van der Waals surface area contributed by atoms with Crippen molar-refractivity contribution < 1.29 is 14.3 Å². The van der Waals surface area contributed by atoms with E-state index in [0.29, 0.717) is 22.2 Å².